The summed E-state index contributed by atoms with van der Waals surface area (Å²) in [4.78, 5) is 0. The summed E-state index contributed by atoms with van der Waals surface area (Å²) in [6.07, 6.45) is 1.52. The summed E-state index contributed by atoms with van der Waals surface area (Å²) in [6.45, 7) is 4.72. The van der Waals surface area contributed by atoms with Crippen LogP contribution in [-0.4, -0.2) is 28.0 Å². The predicted molar refractivity (Wildman–Crippen MR) is 50.1 cm³/mol. The van der Waals surface area contributed by atoms with Gasteiger partial charge in [0.15, 0.2) is 0 Å². The number of hydrogen-bond acceptors (Lipinski definition) is 4. The van der Waals surface area contributed by atoms with E-state index < -0.39 is 15.9 Å². The van der Waals surface area contributed by atoms with Gasteiger partial charge in [0.2, 0.25) is 0 Å². The molecule has 1 aromatic rings. The fourth-order valence-electron chi connectivity index (χ4n) is 1.05. The molecule has 0 radical (unpaired) electrons. The molecule has 0 saturated carbocycles. The van der Waals surface area contributed by atoms with Crippen molar-refractivity contribution in [2.24, 2.45) is 5.92 Å². The van der Waals surface area contributed by atoms with E-state index in [0.717, 1.165) is 0 Å². The summed E-state index contributed by atoms with van der Waals surface area (Å²) in [7, 11) is -4.01. The van der Waals surface area contributed by atoms with Crippen molar-refractivity contribution >= 4 is 10.1 Å². The molecular formula is C7H13N3O3S. The molecule has 0 spiro atoms. The van der Waals surface area contributed by atoms with Crippen molar-refractivity contribution in [3.05, 3.63) is 11.9 Å². The molecular weight excluding hydrogens is 206 g/mol. The summed E-state index contributed by atoms with van der Waals surface area (Å²) in [6, 6.07) is 0. The maximum absolute atomic E-state index is 10.5. The second-order valence-electron chi connectivity index (χ2n) is 3.55. The molecule has 0 bridgehead atoms. The van der Waals surface area contributed by atoms with Crippen molar-refractivity contribution in [3.63, 3.8) is 0 Å². The average Bonchev–Trinajstić information content (AvgIpc) is 2.30. The first-order valence-corrected chi connectivity index (χ1v) is 5.82. The highest BCUT2D eigenvalue weighted by Crippen LogP contribution is 2.02. The summed E-state index contributed by atoms with van der Waals surface area (Å²) >= 11 is 0. The number of aromatic nitrogens is 3. The molecule has 0 aliphatic heterocycles. The van der Waals surface area contributed by atoms with E-state index in [1.807, 2.05) is 13.8 Å². The van der Waals surface area contributed by atoms with E-state index in [4.69, 9.17) is 4.55 Å². The first kappa shape index (κ1) is 11.1. The largest absolute Gasteiger partial charge is 0.285 e. The Morgan fingerprint density at radius 2 is 2.21 bits per heavy atom. The Hall–Kier alpha value is -0.950. The van der Waals surface area contributed by atoms with Crippen LogP contribution in [0.2, 0.25) is 0 Å². The Labute approximate surface area is 82.7 Å². The van der Waals surface area contributed by atoms with Gasteiger partial charge >= 0.3 is 0 Å². The Bertz CT molecular complexity index is 396. The lowest BCUT2D eigenvalue weighted by molar-refractivity contribution is 0.472. The molecule has 80 valence electrons. The molecule has 0 aliphatic rings. The highest BCUT2D eigenvalue weighted by Gasteiger charge is 2.10. The standard InChI is InChI=1S/C7H13N3O3S/c1-6(2)3-10-4-7(8-9-10)5-14(11,12)13/h4,6H,3,5H2,1-2H3,(H,11,12,13). The predicted octanol–water partition coefficient (Wildman–Crippen LogP) is 0.322. The van der Waals surface area contributed by atoms with E-state index in [9.17, 15) is 8.42 Å². The van der Waals surface area contributed by atoms with Crippen LogP contribution in [0.3, 0.4) is 0 Å². The van der Waals surface area contributed by atoms with E-state index in [-0.39, 0.29) is 5.69 Å². The quantitative estimate of drug-likeness (QED) is 0.737. The molecule has 0 atom stereocenters. The molecule has 1 rings (SSSR count). The third-order valence-electron chi connectivity index (χ3n) is 1.47. The van der Waals surface area contributed by atoms with E-state index in [0.29, 0.717) is 12.5 Å². The summed E-state index contributed by atoms with van der Waals surface area (Å²) < 4.78 is 31.1. The van der Waals surface area contributed by atoms with Crippen molar-refractivity contribution in [1.29, 1.82) is 0 Å². The summed E-state index contributed by atoms with van der Waals surface area (Å²) in [5, 5.41) is 7.36. The van der Waals surface area contributed by atoms with E-state index in [1.165, 1.54) is 6.20 Å². The maximum Gasteiger partial charge on any atom is 0.270 e. The Morgan fingerprint density at radius 1 is 1.57 bits per heavy atom. The zero-order chi connectivity index (χ0) is 10.8. The SMILES string of the molecule is CC(C)Cn1cc(CS(=O)(=O)O)nn1. The highest BCUT2D eigenvalue weighted by molar-refractivity contribution is 7.84. The molecule has 14 heavy (non-hydrogen) atoms. The van der Waals surface area contributed by atoms with Crippen LogP contribution < -0.4 is 0 Å². The second-order valence-corrected chi connectivity index (χ2v) is 5.00. The molecule has 7 heteroatoms. The molecule has 1 N–H and O–H groups in total. The first-order chi connectivity index (χ1) is 6.37. The Morgan fingerprint density at radius 3 is 2.71 bits per heavy atom. The van der Waals surface area contributed by atoms with Gasteiger partial charge in [-0.3, -0.25) is 9.23 Å². The third kappa shape index (κ3) is 3.84. The van der Waals surface area contributed by atoms with Crippen LogP contribution in [0.1, 0.15) is 19.5 Å². The fraction of sp³-hybridized carbons (Fsp3) is 0.714. The number of rotatable bonds is 4. The molecule has 0 aliphatic carbocycles. The Kier molecular flexibility index (Phi) is 3.22. The van der Waals surface area contributed by atoms with Gasteiger partial charge < -0.3 is 0 Å². The topological polar surface area (TPSA) is 85.1 Å². The van der Waals surface area contributed by atoms with Crippen LogP contribution in [0.15, 0.2) is 6.20 Å². The van der Waals surface area contributed by atoms with Crippen LogP contribution in [0, 0.1) is 5.92 Å². The molecule has 0 fully saturated rings. The van der Waals surface area contributed by atoms with Crippen molar-refractivity contribution in [2.45, 2.75) is 26.1 Å². The van der Waals surface area contributed by atoms with Gasteiger partial charge in [-0.05, 0) is 5.92 Å². The lowest BCUT2D eigenvalue weighted by Gasteiger charge is -2.01. The Balaban J connectivity index is 2.69. The smallest absolute Gasteiger partial charge is 0.270 e. The van der Waals surface area contributed by atoms with Gasteiger partial charge in [0.1, 0.15) is 11.4 Å². The molecule has 0 saturated heterocycles. The van der Waals surface area contributed by atoms with Gasteiger partial charge in [-0.15, -0.1) is 5.10 Å². The third-order valence-corrected chi connectivity index (χ3v) is 2.13. The van der Waals surface area contributed by atoms with Crippen LogP contribution >= 0.6 is 0 Å². The minimum atomic E-state index is -4.01. The number of hydrogen-bond donors (Lipinski definition) is 1. The molecule has 1 heterocycles. The maximum atomic E-state index is 10.5. The summed E-state index contributed by atoms with van der Waals surface area (Å²) in [5.74, 6) is -0.0688. The number of nitrogens with zero attached hydrogens (tertiary/aromatic N) is 3. The van der Waals surface area contributed by atoms with Crippen molar-refractivity contribution in [3.8, 4) is 0 Å². The second kappa shape index (κ2) is 4.05. The van der Waals surface area contributed by atoms with Crippen LogP contribution in [0.25, 0.3) is 0 Å². The lowest BCUT2D eigenvalue weighted by atomic mass is 10.2. The monoisotopic (exact) mass is 219 g/mol. The zero-order valence-electron chi connectivity index (χ0n) is 8.08. The van der Waals surface area contributed by atoms with Gasteiger partial charge in [0.05, 0.1) is 0 Å². The molecule has 1 aromatic heterocycles. The molecule has 0 aromatic carbocycles. The van der Waals surface area contributed by atoms with Crippen molar-refractivity contribution < 1.29 is 13.0 Å². The van der Waals surface area contributed by atoms with Crippen molar-refractivity contribution in [1.82, 2.24) is 15.0 Å². The minimum absolute atomic E-state index is 0.258. The fourth-order valence-corrected chi connectivity index (χ4v) is 1.56. The van der Waals surface area contributed by atoms with Gasteiger partial charge in [-0.2, -0.15) is 8.42 Å². The van der Waals surface area contributed by atoms with Crippen molar-refractivity contribution in [2.75, 3.05) is 0 Å². The molecule has 6 nitrogen and oxygen atoms in total. The van der Waals surface area contributed by atoms with E-state index in [2.05, 4.69) is 10.3 Å². The van der Waals surface area contributed by atoms with E-state index >= 15 is 0 Å². The van der Waals surface area contributed by atoms with Crippen LogP contribution in [0.5, 0.6) is 0 Å². The molecule has 0 amide bonds. The van der Waals surface area contributed by atoms with Gasteiger partial charge in [0.25, 0.3) is 10.1 Å². The average molecular weight is 219 g/mol. The highest BCUT2D eigenvalue weighted by atomic mass is 32.2. The van der Waals surface area contributed by atoms with Gasteiger partial charge in [-0.1, -0.05) is 19.1 Å². The van der Waals surface area contributed by atoms with Crippen LogP contribution in [-0.2, 0) is 22.4 Å². The summed E-state index contributed by atoms with van der Waals surface area (Å²) in [5.41, 5.74) is 0.258. The van der Waals surface area contributed by atoms with E-state index in [1.54, 1.807) is 4.68 Å². The van der Waals surface area contributed by atoms with Gasteiger partial charge in [-0.25, -0.2) is 0 Å². The first-order valence-electron chi connectivity index (χ1n) is 4.21. The zero-order valence-corrected chi connectivity index (χ0v) is 8.90. The van der Waals surface area contributed by atoms with Crippen LogP contribution in [0.4, 0.5) is 0 Å². The normalized spacial score (nSPS) is 12.3. The molecule has 0 unspecified atom stereocenters. The minimum Gasteiger partial charge on any atom is -0.285 e. The van der Waals surface area contributed by atoms with Gasteiger partial charge in [0, 0.05) is 12.7 Å². The lowest BCUT2D eigenvalue weighted by Crippen LogP contribution is -2.04.